The minimum absolute atomic E-state index is 0.591. The number of aryl methyl sites for hydroxylation is 1. The maximum Gasteiger partial charge on any atom is 0.122 e. The van der Waals surface area contributed by atoms with E-state index in [-0.39, 0.29) is 0 Å². The van der Waals surface area contributed by atoms with Crippen LogP contribution in [0, 0.1) is 0 Å². The van der Waals surface area contributed by atoms with Crippen molar-refractivity contribution >= 4 is 0 Å². The summed E-state index contributed by atoms with van der Waals surface area (Å²) in [7, 11) is 2.04. The van der Waals surface area contributed by atoms with E-state index in [0.717, 1.165) is 12.4 Å². The fourth-order valence-electron chi connectivity index (χ4n) is 1.81. The molecule has 1 heterocycles. The minimum atomic E-state index is 0.591. The summed E-state index contributed by atoms with van der Waals surface area (Å²) >= 11 is 0. The molecule has 0 bridgehead atoms. The molecule has 0 saturated heterocycles. The number of nitrogens with one attached hydrogen (secondary N) is 1. The lowest BCUT2D eigenvalue weighted by Crippen LogP contribution is -2.26. The molecule has 3 heteroatoms. The van der Waals surface area contributed by atoms with Crippen molar-refractivity contribution in [1.82, 2.24) is 14.9 Å². The first kappa shape index (κ1) is 13.2. The average Bonchev–Trinajstić information content (AvgIpc) is 2.67. The molecular formula is C13H25N3. The number of aromatic nitrogens is 2. The first-order valence-corrected chi connectivity index (χ1v) is 6.43. The molecule has 1 aromatic rings. The topological polar surface area (TPSA) is 29.9 Å². The van der Waals surface area contributed by atoms with Crippen LogP contribution in [0.15, 0.2) is 12.4 Å². The third-order valence-electron chi connectivity index (χ3n) is 3.02. The summed E-state index contributed by atoms with van der Waals surface area (Å²) in [5.41, 5.74) is 0. The van der Waals surface area contributed by atoms with Crippen LogP contribution in [0.1, 0.15) is 51.8 Å². The number of hydrogen-bond acceptors (Lipinski definition) is 2. The fraction of sp³-hybridized carbons (Fsp3) is 0.769. The predicted molar refractivity (Wildman–Crippen MR) is 68.3 cm³/mol. The highest BCUT2D eigenvalue weighted by Gasteiger charge is 2.03. The van der Waals surface area contributed by atoms with Crippen LogP contribution in [0.5, 0.6) is 0 Å². The van der Waals surface area contributed by atoms with E-state index in [9.17, 15) is 0 Å². The lowest BCUT2D eigenvalue weighted by molar-refractivity contribution is 0.472. The molecule has 1 unspecified atom stereocenters. The summed E-state index contributed by atoms with van der Waals surface area (Å²) in [6.07, 6.45) is 10.5. The Bertz CT molecular complexity index is 280. The first-order valence-electron chi connectivity index (χ1n) is 6.43. The third-order valence-corrected chi connectivity index (χ3v) is 3.02. The van der Waals surface area contributed by atoms with Gasteiger partial charge in [0.2, 0.25) is 0 Å². The Morgan fingerprint density at radius 1 is 1.38 bits per heavy atom. The lowest BCUT2D eigenvalue weighted by atomic mass is 10.1. The van der Waals surface area contributed by atoms with Crippen LogP contribution in [-0.2, 0) is 13.6 Å². The summed E-state index contributed by atoms with van der Waals surface area (Å²) in [4.78, 5) is 4.30. The van der Waals surface area contributed by atoms with Crippen LogP contribution in [0.25, 0.3) is 0 Å². The molecule has 0 saturated carbocycles. The van der Waals surface area contributed by atoms with Gasteiger partial charge in [-0.2, -0.15) is 0 Å². The third kappa shape index (κ3) is 4.79. The molecule has 3 nitrogen and oxygen atoms in total. The van der Waals surface area contributed by atoms with E-state index in [1.807, 2.05) is 19.4 Å². The Kier molecular flexibility index (Phi) is 6.16. The van der Waals surface area contributed by atoms with E-state index >= 15 is 0 Å². The second kappa shape index (κ2) is 7.44. The maximum atomic E-state index is 4.30. The van der Waals surface area contributed by atoms with Crippen molar-refractivity contribution in [2.45, 2.75) is 58.5 Å². The molecule has 0 aromatic carbocycles. The minimum Gasteiger partial charge on any atom is -0.337 e. The Hall–Kier alpha value is -0.830. The van der Waals surface area contributed by atoms with E-state index < -0.39 is 0 Å². The standard InChI is InChI=1S/C13H25N3/c1-4-5-6-7-8-12(2)15-11-13-14-9-10-16(13)3/h9-10,12,15H,4-8,11H2,1-3H3. The van der Waals surface area contributed by atoms with Gasteiger partial charge in [-0.3, -0.25) is 0 Å². The Morgan fingerprint density at radius 3 is 2.81 bits per heavy atom. The molecule has 0 spiro atoms. The molecule has 0 aliphatic heterocycles. The largest absolute Gasteiger partial charge is 0.337 e. The highest BCUT2D eigenvalue weighted by atomic mass is 15.1. The summed E-state index contributed by atoms with van der Waals surface area (Å²) in [6.45, 7) is 5.39. The molecule has 16 heavy (non-hydrogen) atoms. The molecule has 0 aliphatic carbocycles. The first-order chi connectivity index (χ1) is 7.74. The molecular weight excluding hydrogens is 198 g/mol. The van der Waals surface area contributed by atoms with E-state index in [4.69, 9.17) is 0 Å². The average molecular weight is 223 g/mol. The van der Waals surface area contributed by atoms with Crippen LogP contribution < -0.4 is 5.32 Å². The Morgan fingerprint density at radius 2 is 2.19 bits per heavy atom. The Balaban J connectivity index is 2.10. The fourth-order valence-corrected chi connectivity index (χ4v) is 1.81. The summed E-state index contributed by atoms with van der Waals surface area (Å²) in [5.74, 6) is 1.11. The number of imidazole rings is 1. The van der Waals surface area contributed by atoms with Gasteiger partial charge < -0.3 is 9.88 Å². The number of nitrogens with zero attached hydrogens (tertiary/aromatic N) is 2. The number of unbranched alkanes of at least 4 members (excludes halogenated alkanes) is 3. The zero-order chi connectivity index (χ0) is 11.8. The summed E-state index contributed by atoms with van der Waals surface area (Å²) in [5, 5.41) is 3.52. The van der Waals surface area contributed by atoms with Gasteiger partial charge in [0, 0.05) is 25.5 Å². The normalized spacial score (nSPS) is 12.9. The van der Waals surface area contributed by atoms with Crippen LogP contribution in [-0.4, -0.2) is 15.6 Å². The van der Waals surface area contributed by atoms with Gasteiger partial charge in [0.1, 0.15) is 5.82 Å². The molecule has 1 N–H and O–H groups in total. The van der Waals surface area contributed by atoms with Crippen LogP contribution in [0.2, 0.25) is 0 Å². The van der Waals surface area contributed by atoms with Crippen molar-refractivity contribution in [1.29, 1.82) is 0 Å². The summed E-state index contributed by atoms with van der Waals surface area (Å²) < 4.78 is 2.07. The van der Waals surface area contributed by atoms with Crippen molar-refractivity contribution < 1.29 is 0 Å². The maximum absolute atomic E-state index is 4.30. The smallest absolute Gasteiger partial charge is 0.122 e. The SMILES string of the molecule is CCCCCCC(C)NCc1nccn1C. The monoisotopic (exact) mass is 223 g/mol. The van der Waals surface area contributed by atoms with Crippen LogP contribution in [0.3, 0.4) is 0 Å². The molecule has 92 valence electrons. The van der Waals surface area contributed by atoms with Gasteiger partial charge in [-0.05, 0) is 13.3 Å². The molecule has 1 rings (SSSR count). The van der Waals surface area contributed by atoms with Gasteiger partial charge in [0.15, 0.2) is 0 Å². The van der Waals surface area contributed by atoms with E-state index in [1.165, 1.54) is 32.1 Å². The van der Waals surface area contributed by atoms with Gasteiger partial charge in [-0.25, -0.2) is 4.98 Å². The van der Waals surface area contributed by atoms with Crippen molar-refractivity contribution in [2.75, 3.05) is 0 Å². The molecule has 1 atom stereocenters. The lowest BCUT2D eigenvalue weighted by Gasteiger charge is -2.13. The zero-order valence-electron chi connectivity index (χ0n) is 10.9. The van der Waals surface area contributed by atoms with E-state index in [2.05, 4.69) is 28.7 Å². The van der Waals surface area contributed by atoms with Crippen LogP contribution >= 0.6 is 0 Å². The highest BCUT2D eigenvalue weighted by molar-refractivity contribution is 4.90. The van der Waals surface area contributed by atoms with Gasteiger partial charge in [-0.1, -0.05) is 32.6 Å². The molecule has 0 radical (unpaired) electrons. The number of hydrogen-bond donors (Lipinski definition) is 1. The second-order valence-corrected chi connectivity index (χ2v) is 4.59. The van der Waals surface area contributed by atoms with Crippen molar-refractivity contribution in [2.24, 2.45) is 7.05 Å². The van der Waals surface area contributed by atoms with Gasteiger partial charge in [0.05, 0.1) is 6.54 Å². The predicted octanol–water partition coefficient (Wildman–Crippen LogP) is 2.87. The zero-order valence-corrected chi connectivity index (χ0v) is 10.9. The quantitative estimate of drug-likeness (QED) is 0.687. The number of rotatable bonds is 8. The Labute approximate surface area is 99.3 Å². The highest BCUT2D eigenvalue weighted by Crippen LogP contribution is 2.05. The van der Waals surface area contributed by atoms with Crippen molar-refractivity contribution in [3.63, 3.8) is 0 Å². The molecule has 0 amide bonds. The van der Waals surface area contributed by atoms with E-state index in [0.29, 0.717) is 6.04 Å². The van der Waals surface area contributed by atoms with Crippen LogP contribution in [0.4, 0.5) is 0 Å². The molecule has 0 aliphatic rings. The molecule has 1 aromatic heterocycles. The van der Waals surface area contributed by atoms with E-state index in [1.54, 1.807) is 0 Å². The second-order valence-electron chi connectivity index (χ2n) is 4.59. The van der Waals surface area contributed by atoms with Gasteiger partial charge in [-0.15, -0.1) is 0 Å². The van der Waals surface area contributed by atoms with Crippen molar-refractivity contribution in [3.05, 3.63) is 18.2 Å². The molecule has 0 fully saturated rings. The van der Waals surface area contributed by atoms with Gasteiger partial charge >= 0.3 is 0 Å². The van der Waals surface area contributed by atoms with Gasteiger partial charge in [0.25, 0.3) is 0 Å². The summed E-state index contributed by atoms with van der Waals surface area (Å²) in [6, 6.07) is 0.591. The van der Waals surface area contributed by atoms with Crippen molar-refractivity contribution in [3.8, 4) is 0 Å².